The Hall–Kier alpha value is -1.88. The molecule has 1 aliphatic rings. The molecule has 5 heteroatoms. The second-order valence-corrected chi connectivity index (χ2v) is 4.51. The predicted molar refractivity (Wildman–Crippen MR) is 71.6 cm³/mol. The van der Waals surface area contributed by atoms with Gasteiger partial charge in [-0.25, -0.2) is 4.98 Å². The molecule has 0 spiro atoms. The molecule has 3 rings (SSSR count). The highest BCUT2D eigenvalue weighted by molar-refractivity contribution is 5.63. The maximum Gasteiger partial charge on any atom is 0.203 e. The highest BCUT2D eigenvalue weighted by Gasteiger charge is 2.16. The number of aromatic amines is 1. The number of hydrogen-bond acceptors (Lipinski definition) is 4. The minimum Gasteiger partial charge on any atom is -0.340 e. The van der Waals surface area contributed by atoms with Crippen molar-refractivity contribution in [1.82, 2.24) is 20.3 Å². The molecule has 0 aliphatic carbocycles. The van der Waals surface area contributed by atoms with Gasteiger partial charge < -0.3 is 15.2 Å². The van der Waals surface area contributed by atoms with Gasteiger partial charge >= 0.3 is 0 Å². The second kappa shape index (κ2) is 4.78. The van der Waals surface area contributed by atoms with Crippen LogP contribution in [0.1, 0.15) is 5.69 Å². The molecule has 0 aromatic carbocycles. The Morgan fingerprint density at radius 1 is 1.17 bits per heavy atom. The number of piperazine rings is 1. The maximum atomic E-state index is 4.72. The second-order valence-electron chi connectivity index (χ2n) is 4.51. The first-order valence-electron chi connectivity index (χ1n) is 6.27. The average Bonchev–Trinajstić information content (AvgIpc) is 2.83. The highest BCUT2D eigenvalue weighted by atomic mass is 15.3. The van der Waals surface area contributed by atoms with Crippen LogP contribution in [-0.4, -0.2) is 41.1 Å². The Morgan fingerprint density at radius 2 is 1.89 bits per heavy atom. The molecule has 2 N–H and O–H groups in total. The van der Waals surface area contributed by atoms with E-state index in [1.807, 2.05) is 12.1 Å². The van der Waals surface area contributed by atoms with Crippen LogP contribution in [0.15, 0.2) is 24.5 Å². The van der Waals surface area contributed by atoms with Gasteiger partial charge in [0.2, 0.25) is 5.95 Å². The van der Waals surface area contributed by atoms with E-state index in [1.165, 1.54) is 0 Å². The SMILES string of the molecule is Cc1[nH]c(N2CCNCC2)nc1-c1ccncc1. The first-order valence-corrected chi connectivity index (χ1v) is 6.27. The van der Waals surface area contributed by atoms with Gasteiger partial charge in [-0.1, -0.05) is 0 Å². The molecule has 5 nitrogen and oxygen atoms in total. The summed E-state index contributed by atoms with van der Waals surface area (Å²) in [6, 6.07) is 3.98. The monoisotopic (exact) mass is 243 g/mol. The lowest BCUT2D eigenvalue weighted by atomic mass is 10.2. The molecule has 1 aliphatic heterocycles. The van der Waals surface area contributed by atoms with Crippen molar-refractivity contribution in [2.75, 3.05) is 31.1 Å². The number of pyridine rings is 1. The summed E-state index contributed by atoms with van der Waals surface area (Å²) in [4.78, 5) is 14.4. The Labute approximate surface area is 106 Å². The molecule has 2 aromatic heterocycles. The van der Waals surface area contributed by atoms with Crippen LogP contribution in [0.25, 0.3) is 11.3 Å². The molecule has 0 bridgehead atoms. The van der Waals surface area contributed by atoms with Crippen LogP contribution in [0.2, 0.25) is 0 Å². The molecule has 3 heterocycles. The molecule has 1 saturated heterocycles. The fourth-order valence-electron chi connectivity index (χ4n) is 2.26. The van der Waals surface area contributed by atoms with Crippen molar-refractivity contribution in [1.29, 1.82) is 0 Å². The number of H-pyrrole nitrogens is 1. The van der Waals surface area contributed by atoms with Crippen molar-refractivity contribution < 1.29 is 0 Å². The molecule has 1 fully saturated rings. The van der Waals surface area contributed by atoms with E-state index in [9.17, 15) is 0 Å². The molecule has 0 unspecified atom stereocenters. The van der Waals surface area contributed by atoms with E-state index < -0.39 is 0 Å². The Balaban J connectivity index is 1.91. The predicted octanol–water partition coefficient (Wildman–Crippen LogP) is 1.19. The fraction of sp³-hybridized carbons (Fsp3) is 0.385. The van der Waals surface area contributed by atoms with Crippen molar-refractivity contribution in [3.63, 3.8) is 0 Å². The third-order valence-corrected chi connectivity index (χ3v) is 3.24. The Bertz CT molecular complexity index is 513. The quantitative estimate of drug-likeness (QED) is 0.832. The fourth-order valence-corrected chi connectivity index (χ4v) is 2.26. The first-order chi connectivity index (χ1) is 8.84. The molecular formula is C13H17N5. The van der Waals surface area contributed by atoms with Crippen molar-refractivity contribution >= 4 is 5.95 Å². The Morgan fingerprint density at radius 3 is 2.61 bits per heavy atom. The van der Waals surface area contributed by atoms with E-state index >= 15 is 0 Å². The van der Waals surface area contributed by atoms with E-state index in [4.69, 9.17) is 4.98 Å². The molecule has 0 saturated carbocycles. The molecule has 0 atom stereocenters. The smallest absolute Gasteiger partial charge is 0.203 e. The number of rotatable bonds is 2. The standard InChI is InChI=1S/C13H17N5/c1-10-12(11-2-4-14-5-3-11)17-13(16-10)18-8-6-15-7-9-18/h2-5,15H,6-9H2,1H3,(H,16,17). The number of nitrogens with zero attached hydrogens (tertiary/aromatic N) is 3. The van der Waals surface area contributed by atoms with Crippen LogP contribution in [0.3, 0.4) is 0 Å². The van der Waals surface area contributed by atoms with Gasteiger partial charge in [-0.2, -0.15) is 0 Å². The highest BCUT2D eigenvalue weighted by Crippen LogP contribution is 2.23. The van der Waals surface area contributed by atoms with Crippen LogP contribution < -0.4 is 10.2 Å². The molecule has 2 aromatic rings. The summed E-state index contributed by atoms with van der Waals surface area (Å²) in [5, 5.41) is 3.35. The van der Waals surface area contributed by atoms with E-state index in [1.54, 1.807) is 12.4 Å². The molecule has 0 radical (unpaired) electrons. The van der Waals surface area contributed by atoms with Crippen molar-refractivity contribution in [2.45, 2.75) is 6.92 Å². The van der Waals surface area contributed by atoms with Crippen LogP contribution in [0.5, 0.6) is 0 Å². The summed E-state index contributed by atoms with van der Waals surface area (Å²) in [5.41, 5.74) is 3.24. The van der Waals surface area contributed by atoms with E-state index in [2.05, 4.69) is 27.1 Å². The number of anilines is 1. The summed E-state index contributed by atoms with van der Waals surface area (Å²) in [7, 11) is 0. The van der Waals surface area contributed by atoms with Crippen LogP contribution in [0, 0.1) is 6.92 Å². The maximum absolute atomic E-state index is 4.72. The lowest BCUT2D eigenvalue weighted by Gasteiger charge is -2.26. The third kappa shape index (κ3) is 2.09. The van der Waals surface area contributed by atoms with Gasteiger partial charge in [-0.3, -0.25) is 4.98 Å². The van der Waals surface area contributed by atoms with Crippen molar-refractivity contribution in [3.8, 4) is 11.3 Å². The Kier molecular flexibility index (Phi) is 2.98. The molecule has 0 amide bonds. The minimum atomic E-state index is 0.973. The van der Waals surface area contributed by atoms with Gasteiger partial charge in [0.25, 0.3) is 0 Å². The van der Waals surface area contributed by atoms with Gasteiger partial charge in [0.05, 0.1) is 5.69 Å². The van der Waals surface area contributed by atoms with Crippen molar-refractivity contribution in [3.05, 3.63) is 30.2 Å². The average molecular weight is 243 g/mol. The lowest BCUT2D eigenvalue weighted by Crippen LogP contribution is -2.44. The third-order valence-electron chi connectivity index (χ3n) is 3.24. The summed E-state index contributed by atoms with van der Waals surface area (Å²) < 4.78 is 0. The van der Waals surface area contributed by atoms with Crippen molar-refractivity contribution in [2.24, 2.45) is 0 Å². The van der Waals surface area contributed by atoms with Gasteiger partial charge in [-0.15, -0.1) is 0 Å². The number of aryl methyl sites for hydroxylation is 1. The molecule has 94 valence electrons. The zero-order valence-corrected chi connectivity index (χ0v) is 10.5. The molecule has 18 heavy (non-hydrogen) atoms. The zero-order valence-electron chi connectivity index (χ0n) is 10.5. The van der Waals surface area contributed by atoms with E-state index in [-0.39, 0.29) is 0 Å². The van der Waals surface area contributed by atoms with Gasteiger partial charge in [-0.05, 0) is 19.1 Å². The number of aromatic nitrogens is 3. The van der Waals surface area contributed by atoms with E-state index in [0.717, 1.165) is 49.1 Å². The van der Waals surface area contributed by atoms with Gasteiger partial charge in [0.15, 0.2) is 0 Å². The van der Waals surface area contributed by atoms with Gasteiger partial charge in [0.1, 0.15) is 0 Å². The number of nitrogens with one attached hydrogen (secondary N) is 2. The molecular weight excluding hydrogens is 226 g/mol. The number of imidazole rings is 1. The van der Waals surface area contributed by atoms with Gasteiger partial charge in [0, 0.05) is 49.8 Å². The first kappa shape index (κ1) is 11.2. The number of hydrogen-bond donors (Lipinski definition) is 2. The summed E-state index contributed by atoms with van der Waals surface area (Å²) in [6.07, 6.45) is 3.60. The normalized spacial score (nSPS) is 15.9. The summed E-state index contributed by atoms with van der Waals surface area (Å²) in [6.45, 7) is 6.11. The van der Waals surface area contributed by atoms with Crippen LogP contribution in [0.4, 0.5) is 5.95 Å². The van der Waals surface area contributed by atoms with Crippen LogP contribution >= 0.6 is 0 Å². The summed E-state index contributed by atoms with van der Waals surface area (Å²) >= 11 is 0. The van der Waals surface area contributed by atoms with Crippen LogP contribution in [-0.2, 0) is 0 Å². The topological polar surface area (TPSA) is 56.8 Å². The lowest BCUT2D eigenvalue weighted by molar-refractivity contribution is 0.581. The summed E-state index contributed by atoms with van der Waals surface area (Å²) in [5.74, 6) is 0.973. The largest absolute Gasteiger partial charge is 0.340 e. The van der Waals surface area contributed by atoms with E-state index in [0.29, 0.717) is 0 Å². The zero-order chi connectivity index (χ0) is 12.4. The minimum absolute atomic E-state index is 0.973.